The van der Waals surface area contributed by atoms with Crippen molar-refractivity contribution in [3.8, 4) is 11.5 Å². The molecule has 42 heavy (non-hydrogen) atoms. The van der Waals surface area contributed by atoms with E-state index in [1.807, 2.05) is 61.5 Å². The smallest absolute Gasteiger partial charge is 0.295 e. The highest BCUT2D eigenvalue weighted by atomic mass is 16.5. The molecule has 0 aliphatic carbocycles. The maximum atomic E-state index is 13.5. The molecule has 1 N–H and O–H groups in total. The third-order valence-electron chi connectivity index (χ3n) is 7.08. The van der Waals surface area contributed by atoms with Crippen molar-refractivity contribution in [2.75, 3.05) is 6.61 Å². The molecule has 214 valence electrons. The van der Waals surface area contributed by atoms with E-state index >= 15 is 0 Å². The van der Waals surface area contributed by atoms with Gasteiger partial charge >= 0.3 is 0 Å². The van der Waals surface area contributed by atoms with Crippen LogP contribution in [0.25, 0.3) is 5.76 Å². The van der Waals surface area contributed by atoms with Gasteiger partial charge in [0.15, 0.2) is 0 Å². The second-order valence-corrected chi connectivity index (χ2v) is 10.8. The highest BCUT2D eigenvalue weighted by Crippen LogP contribution is 2.41. The Labute approximate surface area is 246 Å². The molecule has 1 atom stereocenters. The van der Waals surface area contributed by atoms with E-state index in [0.29, 0.717) is 41.8 Å². The predicted molar refractivity (Wildman–Crippen MR) is 161 cm³/mol. The number of amides is 1. The number of hydrogen-bond donors (Lipinski definition) is 1. The van der Waals surface area contributed by atoms with Crippen LogP contribution in [0, 0.1) is 12.8 Å². The van der Waals surface area contributed by atoms with Gasteiger partial charge in [0, 0.05) is 24.5 Å². The minimum atomic E-state index is -0.810. The van der Waals surface area contributed by atoms with Gasteiger partial charge in [-0.25, -0.2) is 0 Å². The molecule has 1 saturated heterocycles. The molecule has 1 fully saturated rings. The van der Waals surface area contributed by atoms with E-state index in [0.717, 1.165) is 16.7 Å². The maximum absolute atomic E-state index is 13.5. The van der Waals surface area contributed by atoms with Gasteiger partial charge in [-0.3, -0.25) is 14.6 Å². The van der Waals surface area contributed by atoms with Gasteiger partial charge < -0.3 is 19.5 Å². The van der Waals surface area contributed by atoms with Crippen LogP contribution in [0.5, 0.6) is 11.5 Å². The van der Waals surface area contributed by atoms with Crippen LogP contribution in [0.4, 0.5) is 0 Å². The zero-order valence-corrected chi connectivity index (χ0v) is 24.0. The van der Waals surface area contributed by atoms with E-state index in [-0.39, 0.29) is 17.9 Å². The Morgan fingerprint density at radius 1 is 0.905 bits per heavy atom. The SMILES string of the molecule is Cc1cc(/C(O)=C2\C(=O)C(=O)N(Cc3ccncc3)C2c2cccc(OCC(C)C)c2)ccc1OCc1ccccc1. The summed E-state index contributed by atoms with van der Waals surface area (Å²) < 4.78 is 12.0. The molecule has 1 amide bonds. The quantitative estimate of drug-likeness (QED) is 0.133. The Bertz CT molecular complexity index is 1600. The molecule has 1 aliphatic heterocycles. The molecule has 0 radical (unpaired) electrons. The number of aliphatic hydroxyl groups is 1. The lowest BCUT2D eigenvalue weighted by atomic mass is 9.94. The van der Waals surface area contributed by atoms with Crippen LogP contribution in [-0.2, 0) is 22.7 Å². The van der Waals surface area contributed by atoms with Gasteiger partial charge in [0.1, 0.15) is 23.9 Å². The van der Waals surface area contributed by atoms with E-state index in [1.165, 1.54) is 4.90 Å². The number of carbonyl (C=O) groups is 2. The average Bonchev–Trinajstić information content (AvgIpc) is 3.25. The van der Waals surface area contributed by atoms with Crippen molar-refractivity contribution < 1.29 is 24.2 Å². The minimum Gasteiger partial charge on any atom is -0.507 e. The normalized spacial score (nSPS) is 16.2. The molecule has 0 saturated carbocycles. The van der Waals surface area contributed by atoms with Gasteiger partial charge in [-0.05, 0) is 77.6 Å². The highest BCUT2D eigenvalue weighted by molar-refractivity contribution is 6.46. The summed E-state index contributed by atoms with van der Waals surface area (Å²) in [5.74, 6) is -0.0178. The Morgan fingerprint density at radius 2 is 1.67 bits per heavy atom. The first kappa shape index (κ1) is 28.6. The number of pyridine rings is 1. The molecular formula is C35H34N2O5. The monoisotopic (exact) mass is 562 g/mol. The average molecular weight is 563 g/mol. The summed E-state index contributed by atoms with van der Waals surface area (Å²) in [7, 11) is 0. The summed E-state index contributed by atoms with van der Waals surface area (Å²) in [6.45, 7) is 7.12. The summed E-state index contributed by atoms with van der Waals surface area (Å²) in [5, 5.41) is 11.6. The summed E-state index contributed by atoms with van der Waals surface area (Å²) >= 11 is 0. The number of nitrogens with zero attached hydrogens (tertiary/aromatic N) is 2. The molecule has 1 aliphatic rings. The van der Waals surface area contributed by atoms with Crippen molar-refractivity contribution in [1.82, 2.24) is 9.88 Å². The molecule has 2 heterocycles. The standard InChI is InChI=1S/C35H34N2O5/c1-23(2)21-41-29-11-7-10-27(19-29)32-31(34(39)35(40)37(32)20-25-14-16-36-17-15-25)33(38)28-12-13-30(24(3)18-28)42-22-26-8-5-4-6-9-26/h4-19,23,32,38H,20-22H2,1-3H3/b33-31+. The number of aromatic nitrogens is 1. The number of ether oxygens (including phenoxy) is 2. The van der Waals surface area contributed by atoms with E-state index in [2.05, 4.69) is 18.8 Å². The van der Waals surface area contributed by atoms with Crippen LogP contribution >= 0.6 is 0 Å². The summed E-state index contributed by atoms with van der Waals surface area (Å²) in [5.41, 5.74) is 3.79. The third kappa shape index (κ3) is 6.36. The van der Waals surface area contributed by atoms with Crippen molar-refractivity contribution in [3.63, 3.8) is 0 Å². The molecule has 0 spiro atoms. The largest absolute Gasteiger partial charge is 0.507 e. The summed E-state index contributed by atoms with van der Waals surface area (Å²) in [6, 6.07) is 25.2. The first-order valence-electron chi connectivity index (χ1n) is 14.0. The molecular weight excluding hydrogens is 528 g/mol. The van der Waals surface area contributed by atoms with Crippen LogP contribution in [0.3, 0.4) is 0 Å². The lowest BCUT2D eigenvalue weighted by molar-refractivity contribution is -0.140. The highest BCUT2D eigenvalue weighted by Gasteiger charge is 2.46. The molecule has 1 aromatic heterocycles. The number of aryl methyl sites for hydroxylation is 1. The van der Waals surface area contributed by atoms with Crippen LogP contribution in [0.15, 0.2) is 103 Å². The molecule has 3 aromatic carbocycles. The van der Waals surface area contributed by atoms with Crippen molar-refractivity contribution in [2.24, 2.45) is 5.92 Å². The lowest BCUT2D eigenvalue weighted by Gasteiger charge is -2.26. The lowest BCUT2D eigenvalue weighted by Crippen LogP contribution is -2.29. The fourth-order valence-electron chi connectivity index (χ4n) is 4.96. The first-order chi connectivity index (χ1) is 20.3. The van der Waals surface area contributed by atoms with Crippen LogP contribution in [0.1, 0.15) is 47.7 Å². The molecule has 7 heteroatoms. The van der Waals surface area contributed by atoms with Crippen molar-refractivity contribution in [3.05, 3.63) is 131 Å². The van der Waals surface area contributed by atoms with Crippen molar-refractivity contribution in [2.45, 2.75) is 40.0 Å². The predicted octanol–water partition coefficient (Wildman–Crippen LogP) is 6.63. The molecule has 0 bridgehead atoms. The van der Waals surface area contributed by atoms with Gasteiger partial charge in [-0.1, -0.05) is 56.3 Å². The number of hydrogen-bond acceptors (Lipinski definition) is 6. The Morgan fingerprint density at radius 3 is 2.38 bits per heavy atom. The Balaban J connectivity index is 1.52. The van der Waals surface area contributed by atoms with Crippen LogP contribution in [0.2, 0.25) is 0 Å². The van der Waals surface area contributed by atoms with Gasteiger partial charge in [0.2, 0.25) is 0 Å². The number of carbonyl (C=O) groups excluding carboxylic acids is 2. The summed E-state index contributed by atoms with van der Waals surface area (Å²) in [6.07, 6.45) is 3.29. The van der Waals surface area contributed by atoms with E-state index in [4.69, 9.17) is 9.47 Å². The van der Waals surface area contributed by atoms with Gasteiger partial charge in [0.25, 0.3) is 11.7 Å². The van der Waals surface area contributed by atoms with E-state index < -0.39 is 17.7 Å². The number of likely N-dealkylation sites (tertiary alicyclic amines) is 1. The van der Waals surface area contributed by atoms with E-state index in [1.54, 1.807) is 42.7 Å². The van der Waals surface area contributed by atoms with Crippen molar-refractivity contribution >= 4 is 17.4 Å². The number of ketones is 1. The van der Waals surface area contributed by atoms with Crippen LogP contribution < -0.4 is 9.47 Å². The minimum absolute atomic E-state index is 0.0346. The number of benzene rings is 3. The zero-order chi connectivity index (χ0) is 29.6. The van der Waals surface area contributed by atoms with Gasteiger partial charge in [-0.2, -0.15) is 0 Å². The molecule has 4 aromatic rings. The Hall–Kier alpha value is -4.91. The van der Waals surface area contributed by atoms with E-state index in [9.17, 15) is 14.7 Å². The number of Topliss-reactive ketones (excluding diaryl/α,β-unsaturated/α-hetero) is 1. The first-order valence-corrected chi connectivity index (χ1v) is 14.0. The number of rotatable bonds is 10. The zero-order valence-electron chi connectivity index (χ0n) is 24.0. The molecule has 1 unspecified atom stereocenters. The number of aliphatic hydroxyl groups excluding tert-OH is 1. The second-order valence-electron chi connectivity index (χ2n) is 10.8. The molecule has 7 nitrogen and oxygen atoms in total. The Kier molecular flexibility index (Phi) is 8.67. The van der Waals surface area contributed by atoms with Crippen LogP contribution in [-0.4, -0.2) is 33.3 Å². The van der Waals surface area contributed by atoms with Crippen molar-refractivity contribution in [1.29, 1.82) is 0 Å². The second kappa shape index (κ2) is 12.7. The fourth-order valence-corrected chi connectivity index (χ4v) is 4.96. The maximum Gasteiger partial charge on any atom is 0.295 e. The third-order valence-corrected chi connectivity index (χ3v) is 7.08. The topological polar surface area (TPSA) is 89.0 Å². The fraction of sp³-hybridized carbons (Fsp3) is 0.229. The molecule has 5 rings (SSSR count). The van der Waals surface area contributed by atoms with Gasteiger partial charge in [0.05, 0.1) is 18.2 Å². The van der Waals surface area contributed by atoms with Gasteiger partial charge in [-0.15, -0.1) is 0 Å². The summed E-state index contributed by atoms with van der Waals surface area (Å²) in [4.78, 5) is 32.5.